The summed E-state index contributed by atoms with van der Waals surface area (Å²) in [6, 6.07) is 9.48. The number of ether oxygens (including phenoxy) is 1. The van der Waals surface area contributed by atoms with E-state index < -0.39 is 0 Å². The molecule has 1 N–H and O–H groups in total. The van der Waals surface area contributed by atoms with Gasteiger partial charge in [0, 0.05) is 58.2 Å². The standard InChI is InChI=1S/C24H21Cl2N3O2/c1-3-16(17-5-4-14(25)11-21(17)27-2)18-10-15(26)8-13-9-22(30-23(13)18)24-19-12-28-7-6-20(19)29-31-24/h3-5,8,10-11,22,28H,2,6-7,9,12H2,1H3/b16-3+. The van der Waals surface area contributed by atoms with E-state index in [4.69, 9.17) is 32.5 Å². The molecule has 5 rings (SSSR count). The van der Waals surface area contributed by atoms with Crippen molar-refractivity contribution < 1.29 is 9.26 Å². The van der Waals surface area contributed by atoms with Crippen molar-refractivity contribution in [2.75, 3.05) is 6.54 Å². The highest BCUT2D eigenvalue weighted by molar-refractivity contribution is 6.31. The summed E-state index contributed by atoms with van der Waals surface area (Å²) in [7, 11) is 0. The maximum Gasteiger partial charge on any atom is 0.182 e. The van der Waals surface area contributed by atoms with Crippen LogP contribution in [0.2, 0.25) is 10.0 Å². The Hall–Kier alpha value is -2.60. The van der Waals surface area contributed by atoms with Gasteiger partial charge in [0.05, 0.1) is 11.4 Å². The molecule has 5 nitrogen and oxygen atoms in total. The number of halogens is 2. The van der Waals surface area contributed by atoms with Gasteiger partial charge in [-0.15, -0.1) is 0 Å². The molecular weight excluding hydrogens is 433 g/mol. The maximum absolute atomic E-state index is 6.52. The van der Waals surface area contributed by atoms with E-state index >= 15 is 0 Å². The van der Waals surface area contributed by atoms with Gasteiger partial charge in [0.2, 0.25) is 0 Å². The Kier molecular flexibility index (Phi) is 5.34. The fraction of sp³-hybridized carbons (Fsp3) is 0.250. The van der Waals surface area contributed by atoms with Crippen molar-refractivity contribution in [3.8, 4) is 5.75 Å². The Morgan fingerprint density at radius 1 is 1.23 bits per heavy atom. The summed E-state index contributed by atoms with van der Waals surface area (Å²) in [5, 5.41) is 8.92. The minimum Gasteiger partial charge on any atom is -0.481 e. The Morgan fingerprint density at radius 3 is 2.90 bits per heavy atom. The van der Waals surface area contributed by atoms with Crippen LogP contribution in [0.1, 0.15) is 46.7 Å². The molecule has 1 unspecified atom stereocenters. The van der Waals surface area contributed by atoms with E-state index in [1.807, 2.05) is 37.3 Å². The Labute approximate surface area is 190 Å². The molecule has 2 aromatic carbocycles. The zero-order chi connectivity index (χ0) is 21.5. The Bertz CT molecular complexity index is 1220. The maximum atomic E-state index is 6.52. The number of aliphatic imine (C=N–C) groups is 1. The average molecular weight is 454 g/mol. The highest BCUT2D eigenvalue weighted by Gasteiger charge is 2.34. The molecule has 0 aliphatic carbocycles. The molecule has 0 fully saturated rings. The summed E-state index contributed by atoms with van der Waals surface area (Å²) < 4.78 is 12.2. The fourth-order valence-electron chi connectivity index (χ4n) is 4.41. The summed E-state index contributed by atoms with van der Waals surface area (Å²) in [4.78, 5) is 4.17. The number of nitrogens with one attached hydrogen (secondary N) is 1. The lowest BCUT2D eigenvalue weighted by Gasteiger charge is -2.17. The Morgan fingerprint density at radius 2 is 2.10 bits per heavy atom. The van der Waals surface area contributed by atoms with Crippen molar-refractivity contribution in [3.63, 3.8) is 0 Å². The van der Waals surface area contributed by atoms with Crippen LogP contribution in [-0.4, -0.2) is 18.4 Å². The normalized spacial score (nSPS) is 17.8. The third-order valence-electron chi connectivity index (χ3n) is 5.83. The third kappa shape index (κ3) is 3.57. The van der Waals surface area contributed by atoms with Crippen molar-refractivity contribution in [1.29, 1.82) is 0 Å². The number of rotatable bonds is 4. The number of aromatic nitrogens is 1. The van der Waals surface area contributed by atoms with Gasteiger partial charge in [0.15, 0.2) is 11.9 Å². The van der Waals surface area contributed by atoms with Crippen molar-refractivity contribution in [3.05, 3.63) is 80.2 Å². The second-order valence-electron chi connectivity index (χ2n) is 7.67. The molecule has 0 spiro atoms. The summed E-state index contributed by atoms with van der Waals surface area (Å²) >= 11 is 12.7. The van der Waals surface area contributed by atoms with Crippen LogP contribution >= 0.6 is 23.2 Å². The second kappa shape index (κ2) is 8.15. The number of benzene rings is 2. The zero-order valence-electron chi connectivity index (χ0n) is 17.0. The first-order chi connectivity index (χ1) is 15.1. The van der Waals surface area contributed by atoms with Gasteiger partial charge in [-0.1, -0.05) is 40.5 Å². The Balaban J connectivity index is 1.57. The minimum absolute atomic E-state index is 0.233. The van der Waals surface area contributed by atoms with Gasteiger partial charge in [-0.05, 0) is 43.5 Å². The molecule has 2 aliphatic rings. The lowest BCUT2D eigenvalue weighted by molar-refractivity contribution is 0.188. The number of hydrogen-bond acceptors (Lipinski definition) is 5. The van der Waals surface area contributed by atoms with Crippen LogP contribution < -0.4 is 10.1 Å². The highest BCUT2D eigenvalue weighted by Crippen LogP contribution is 2.46. The quantitative estimate of drug-likeness (QED) is 0.485. The predicted molar refractivity (Wildman–Crippen MR) is 124 cm³/mol. The number of nitrogens with zero attached hydrogens (tertiary/aromatic N) is 2. The number of hydrogen-bond donors (Lipinski definition) is 1. The van der Waals surface area contributed by atoms with E-state index in [2.05, 4.69) is 22.2 Å². The first kappa shape index (κ1) is 20.3. The molecule has 158 valence electrons. The molecule has 1 aromatic heterocycles. The topological polar surface area (TPSA) is 59.7 Å². The van der Waals surface area contributed by atoms with Crippen molar-refractivity contribution in [2.24, 2.45) is 4.99 Å². The molecule has 3 aromatic rings. The van der Waals surface area contributed by atoms with E-state index in [1.165, 1.54) is 0 Å². The van der Waals surface area contributed by atoms with Crippen LogP contribution in [0.4, 0.5) is 5.69 Å². The molecule has 1 atom stereocenters. The van der Waals surface area contributed by atoms with Gasteiger partial charge >= 0.3 is 0 Å². The molecule has 2 aliphatic heterocycles. The molecular formula is C24H21Cl2N3O2. The monoisotopic (exact) mass is 453 g/mol. The molecule has 0 bridgehead atoms. The van der Waals surface area contributed by atoms with Crippen LogP contribution in [0.15, 0.2) is 45.9 Å². The second-order valence-corrected chi connectivity index (χ2v) is 8.55. The predicted octanol–water partition coefficient (Wildman–Crippen LogP) is 6.09. The first-order valence-corrected chi connectivity index (χ1v) is 10.9. The lowest BCUT2D eigenvalue weighted by atomic mass is 9.93. The van der Waals surface area contributed by atoms with E-state index in [9.17, 15) is 0 Å². The molecule has 3 heterocycles. The lowest BCUT2D eigenvalue weighted by Crippen LogP contribution is -2.24. The minimum atomic E-state index is -0.233. The smallest absolute Gasteiger partial charge is 0.182 e. The van der Waals surface area contributed by atoms with E-state index in [0.717, 1.165) is 64.5 Å². The van der Waals surface area contributed by atoms with Gasteiger partial charge in [-0.3, -0.25) is 4.99 Å². The van der Waals surface area contributed by atoms with Crippen molar-refractivity contribution in [1.82, 2.24) is 10.5 Å². The van der Waals surface area contributed by atoms with Crippen LogP contribution in [0.25, 0.3) is 5.57 Å². The van der Waals surface area contributed by atoms with E-state index in [1.54, 1.807) is 6.07 Å². The molecule has 0 amide bonds. The SMILES string of the molecule is C=Nc1cc(Cl)ccc1/C(=C\C)c1cc(Cl)cc2c1OC(c1onc3c1CNCC3)C2. The first-order valence-electron chi connectivity index (χ1n) is 10.2. The summed E-state index contributed by atoms with van der Waals surface area (Å²) in [5.74, 6) is 1.60. The molecule has 7 heteroatoms. The molecule has 0 radical (unpaired) electrons. The van der Waals surface area contributed by atoms with E-state index in [0.29, 0.717) is 22.2 Å². The number of fused-ring (bicyclic) bond motifs is 2. The van der Waals surface area contributed by atoms with Gasteiger partial charge < -0.3 is 14.6 Å². The van der Waals surface area contributed by atoms with Crippen molar-refractivity contribution in [2.45, 2.75) is 32.4 Å². The van der Waals surface area contributed by atoms with Crippen molar-refractivity contribution >= 4 is 41.2 Å². The van der Waals surface area contributed by atoms with Crippen LogP contribution in [-0.2, 0) is 19.4 Å². The average Bonchev–Trinajstić information content (AvgIpc) is 3.38. The zero-order valence-corrected chi connectivity index (χ0v) is 18.6. The molecule has 0 saturated heterocycles. The fourth-order valence-corrected chi connectivity index (χ4v) is 4.81. The van der Waals surface area contributed by atoms with Crippen LogP contribution in [0, 0.1) is 0 Å². The molecule has 0 saturated carbocycles. The van der Waals surface area contributed by atoms with E-state index in [-0.39, 0.29) is 6.10 Å². The van der Waals surface area contributed by atoms with Gasteiger partial charge in [0.1, 0.15) is 5.75 Å². The highest BCUT2D eigenvalue weighted by atomic mass is 35.5. The number of allylic oxidation sites excluding steroid dienone is 1. The van der Waals surface area contributed by atoms with Crippen LogP contribution in [0.3, 0.4) is 0 Å². The molecule has 31 heavy (non-hydrogen) atoms. The van der Waals surface area contributed by atoms with Gasteiger partial charge in [-0.25, -0.2) is 0 Å². The largest absolute Gasteiger partial charge is 0.481 e. The summed E-state index contributed by atoms with van der Waals surface area (Å²) in [6.07, 6.45) is 3.34. The van der Waals surface area contributed by atoms with Gasteiger partial charge in [-0.2, -0.15) is 0 Å². The third-order valence-corrected chi connectivity index (χ3v) is 6.28. The van der Waals surface area contributed by atoms with Crippen LogP contribution in [0.5, 0.6) is 5.75 Å². The summed E-state index contributed by atoms with van der Waals surface area (Å²) in [5.41, 5.74) is 6.66. The van der Waals surface area contributed by atoms with Gasteiger partial charge in [0.25, 0.3) is 0 Å². The summed E-state index contributed by atoms with van der Waals surface area (Å²) in [6.45, 7) is 7.34.